The molecule has 35 heavy (non-hydrogen) atoms. The number of hydrogen-bond acceptors (Lipinski definition) is 3. The molecule has 1 N–H and O–H groups in total. The van der Waals surface area contributed by atoms with Gasteiger partial charge in [0.05, 0.1) is 0 Å². The molecule has 0 aromatic heterocycles. The Kier molecular flexibility index (Phi) is 9.39. The quantitative estimate of drug-likeness (QED) is 0.296. The van der Waals surface area contributed by atoms with E-state index in [1.54, 1.807) is 0 Å². The van der Waals surface area contributed by atoms with Crippen molar-refractivity contribution >= 4 is 0 Å². The summed E-state index contributed by atoms with van der Waals surface area (Å²) in [5.74, 6) is 1.70. The summed E-state index contributed by atoms with van der Waals surface area (Å²) < 4.78 is 6.16. The lowest BCUT2D eigenvalue weighted by molar-refractivity contribution is 0.285. The van der Waals surface area contributed by atoms with Crippen LogP contribution in [0.1, 0.15) is 50.3 Å². The summed E-state index contributed by atoms with van der Waals surface area (Å²) in [6, 6.07) is 26.5. The van der Waals surface area contributed by atoms with E-state index in [1.165, 1.54) is 53.6 Å². The molecule has 0 radical (unpaired) electrons. The van der Waals surface area contributed by atoms with Crippen molar-refractivity contribution in [3.05, 3.63) is 89.5 Å². The zero-order chi connectivity index (χ0) is 24.5. The van der Waals surface area contributed by atoms with Gasteiger partial charge in [-0.15, -0.1) is 0 Å². The second-order valence-corrected chi connectivity index (χ2v) is 9.91. The summed E-state index contributed by atoms with van der Waals surface area (Å²) >= 11 is 0. The van der Waals surface area contributed by atoms with E-state index >= 15 is 0 Å². The van der Waals surface area contributed by atoms with E-state index < -0.39 is 0 Å². The molecule has 0 saturated carbocycles. The van der Waals surface area contributed by atoms with Gasteiger partial charge in [-0.05, 0) is 105 Å². The fourth-order valence-corrected chi connectivity index (χ4v) is 5.21. The van der Waals surface area contributed by atoms with Gasteiger partial charge in [0.2, 0.25) is 0 Å². The smallest absolute Gasteiger partial charge is 0.120 e. The number of nitrogens with one attached hydrogen (secondary N) is 1. The molecule has 0 aliphatic heterocycles. The number of rotatable bonds is 12. The largest absolute Gasteiger partial charge is 0.489 e. The molecule has 3 aromatic rings. The van der Waals surface area contributed by atoms with Crippen molar-refractivity contribution < 1.29 is 4.74 Å². The predicted molar refractivity (Wildman–Crippen MR) is 148 cm³/mol. The number of benzene rings is 3. The van der Waals surface area contributed by atoms with Gasteiger partial charge in [0.15, 0.2) is 0 Å². The fourth-order valence-electron chi connectivity index (χ4n) is 5.21. The molecule has 0 amide bonds. The van der Waals surface area contributed by atoms with E-state index in [0.29, 0.717) is 18.6 Å². The fraction of sp³-hybridized carbons (Fsp3) is 0.438. The Morgan fingerprint density at radius 1 is 0.914 bits per heavy atom. The molecule has 1 aliphatic carbocycles. The highest BCUT2D eigenvalue weighted by molar-refractivity contribution is 5.63. The van der Waals surface area contributed by atoms with E-state index in [2.05, 4.69) is 104 Å². The van der Waals surface area contributed by atoms with Crippen molar-refractivity contribution in [2.75, 3.05) is 26.2 Å². The number of fused-ring (bicyclic) bond motifs is 1. The van der Waals surface area contributed by atoms with Crippen LogP contribution in [0.2, 0.25) is 0 Å². The van der Waals surface area contributed by atoms with Crippen LogP contribution in [0, 0.1) is 5.92 Å². The minimum absolute atomic E-state index is 0.564. The average Bonchev–Trinajstić information content (AvgIpc) is 2.92. The van der Waals surface area contributed by atoms with Crippen molar-refractivity contribution in [3.63, 3.8) is 0 Å². The first-order valence-corrected chi connectivity index (χ1v) is 13.5. The van der Waals surface area contributed by atoms with E-state index in [9.17, 15) is 0 Å². The summed E-state index contributed by atoms with van der Waals surface area (Å²) in [6.45, 7) is 12.1. The van der Waals surface area contributed by atoms with Crippen LogP contribution in [0.4, 0.5) is 0 Å². The number of hydrogen-bond donors (Lipinski definition) is 1. The first-order chi connectivity index (χ1) is 17.2. The molecule has 2 atom stereocenters. The minimum Gasteiger partial charge on any atom is -0.489 e. The normalized spacial score (nSPS) is 16.2. The average molecular weight is 471 g/mol. The maximum atomic E-state index is 6.16. The predicted octanol–water partition coefficient (Wildman–Crippen LogP) is 6.75. The van der Waals surface area contributed by atoms with Crippen LogP contribution >= 0.6 is 0 Å². The van der Waals surface area contributed by atoms with Crippen molar-refractivity contribution in [1.29, 1.82) is 0 Å². The SMILES string of the molecule is CCN(CC)CCCNC(C)C1CCc2cc(OCc3ccc(-c4ccccc4)cc3)ccc2C1. The molecular weight excluding hydrogens is 428 g/mol. The van der Waals surface area contributed by atoms with Gasteiger partial charge in [-0.3, -0.25) is 0 Å². The Balaban J connectivity index is 1.25. The lowest BCUT2D eigenvalue weighted by atomic mass is 9.80. The standard InChI is InChI=1S/C32H42N2O/c1-4-34(5-2)21-9-20-33-25(3)29-16-17-31-23-32(19-18-30(31)22-29)35-24-26-12-14-28(15-13-26)27-10-7-6-8-11-27/h6-8,10-15,18-19,23,25,29,33H,4-5,9,16-17,20-22,24H2,1-3H3. The third-order valence-corrected chi connectivity index (χ3v) is 7.63. The molecule has 3 heteroatoms. The highest BCUT2D eigenvalue weighted by Gasteiger charge is 2.23. The number of nitrogens with zero attached hydrogens (tertiary/aromatic N) is 1. The molecule has 0 heterocycles. The van der Waals surface area contributed by atoms with Gasteiger partial charge in [0.1, 0.15) is 12.4 Å². The van der Waals surface area contributed by atoms with E-state index in [4.69, 9.17) is 4.74 Å². The van der Waals surface area contributed by atoms with E-state index in [0.717, 1.165) is 31.8 Å². The van der Waals surface area contributed by atoms with Gasteiger partial charge >= 0.3 is 0 Å². The lowest BCUT2D eigenvalue weighted by Crippen LogP contribution is -2.38. The molecule has 0 saturated heterocycles. The summed E-state index contributed by atoms with van der Waals surface area (Å²) in [6.07, 6.45) is 4.79. The highest BCUT2D eigenvalue weighted by Crippen LogP contribution is 2.30. The molecule has 186 valence electrons. The van der Waals surface area contributed by atoms with Crippen molar-refractivity contribution in [2.24, 2.45) is 5.92 Å². The van der Waals surface area contributed by atoms with Crippen molar-refractivity contribution in [1.82, 2.24) is 10.2 Å². The Hall–Kier alpha value is -2.62. The maximum absolute atomic E-state index is 6.16. The minimum atomic E-state index is 0.564. The first-order valence-electron chi connectivity index (χ1n) is 13.5. The Morgan fingerprint density at radius 3 is 2.40 bits per heavy atom. The third-order valence-electron chi connectivity index (χ3n) is 7.63. The summed E-state index contributed by atoms with van der Waals surface area (Å²) in [7, 11) is 0. The molecule has 0 spiro atoms. The van der Waals surface area contributed by atoms with Gasteiger partial charge in [-0.1, -0.05) is 74.5 Å². The summed E-state index contributed by atoms with van der Waals surface area (Å²) in [5, 5.41) is 3.80. The number of aryl methyl sites for hydroxylation is 1. The second kappa shape index (κ2) is 12.9. The van der Waals surface area contributed by atoms with Crippen LogP contribution in [0.3, 0.4) is 0 Å². The Morgan fingerprint density at radius 2 is 1.66 bits per heavy atom. The highest BCUT2D eigenvalue weighted by atomic mass is 16.5. The molecule has 1 aliphatic rings. The van der Waals surface area contributed by atoms with Crippen LogP contribution in [0.5, 0.6) is 5.75 Å². The summed E-state index contributed by atoms with van der Waals surface area (Å²) in [4.78, 5) is 2.50. The van der Waals surface area contributed by atoms with Crippen LogP contribution in [-0.4, -0.2) is 37.1 Å². The van der Waals surface area contributed by atoms with Gasteiger partial charge in [-0.2, -0.15) is 0 Å². The molecular formula is C32H42N2O. The Labute approximate surface area is 212 Å². The van der Waals surface area contributed by atoms with Crippen LogP contribution in [0.25, 0.3) is 11.1 Å². The third kappa shape index (κ3) is 7.19. The molecule has 3 nitrogen and oxygen atoms in total. The van der Waals surface area contributed by atoms with E-state index in [-0.39, 0.29) is 0 Å². The Bertz CT molecular complexity index is 1030. The van der Waals surface area contributed by atoms with Crippen molar-refractivity contribution in [3.8, 4) is 16.9 Å². The zero-order valence-corrected chi connectivity index (χ0v) is 21.8. The van der Waals surface area contributed by atoms with E-state index in [1.807, 2.05) is 0 Å². The lowest BCUT2D eigenvalue weighted by Gasteiger charge is -2.30. The van der Waals surface area contributed by atoms with Crippen molar-refractivity contribution in [2.45, 2.75) is 59.1 Å². The topological polar surface area (TPSA) is 24.5 Å². The van der Waals surface area contributed by atoms with Gasteiger partial charge in [-0.25, -0.2) is 0 Å². The number of ether oxygens (including phenoxy) is 1. The van der Waals surface area contributed by atoms with Crippen LogP contribution in [0.15, 0.2) is 72.8 Å². The summed E-state index contributed by atoms with van der Waals surface area (Å²) in [5.41, 5.74) is 6.65. The molecule has 3 aromatic carbocycles. The zero-order valence-electron chi connectivity index (χ0n) is 21.8. The maximum Gasteiger partial charge on any atom is 0.120 e. The van der Waals surface area contributed by atoms with Crippen LogP contribution < -0.4 is 10.1 Å². The first kappa shape index (κ1) is 25.5. The van der Waals surface area contributed by atoms with Gasteiger partial charge < -0.3 is 15.0 Å². The van der Waals surface area contributed by atoms with Gasteiger partial charge in [0, 0.05) is 6.04 Å². The molecule has 0 fully saturated rings. The second-order valence-electron chi connectivity index (χ2n) is 9.91. The van der Waals surface area contributed by atoms with Gasteiger partial charge in [0.25, 0.3) is 0 Å². The molecule has 4 rings (SSSR count). The molecule has 2 unspecified atom stereocenters. The van der Waals surface area contributed by atoms with Crippen LogP contribution in [-0.2, 0) is 19.4 Å². The monoisotopic (exact) mass is 470 g/mol. The molecule has 0 bridgehead atoms.